The molecule has 152 valence electrons. The summed E-state index contributed by atoms with van der Waals surface area (Å²) in [7, 11) is 0. The van der Waals surface area contributed by atoms with Gasteiger partial charge in [0.15, 0.2) is 0 Å². The number of likely N-dealkylation sites (tertiary alicyclic amines) is 1. The third-order valence-electron chi connectivity index (χ3n) is 5.49. The number of carbonyl (C=O) groups excluding carboxylic acids is 2. The number of H-pyrrole nitrogens is 1. The number of nitrogens with zero attached hydrogens (tertiary/aromatic N) is 2. The molecule has 0 atom stereocenters. The first kappa shape index (κ1) is 19.6. The molecule has 7 nitrogen and oxygen atoms in total. The van der Waals surface area contributed by atoms with Crippen molar-refractivity contribution in [3.63, 3.8) is 0 Å². The van der Waals surface area contributed by atoms with Gasteiger partial charge in [0.25, 0.3) is 11.5 Å². The second kappa shape index (κ2) is 8.32. The zero-order valence-electron chi connectivity index (χ0n) is 16.4. The zero-order chi connectivity index (χ0) is 21.1. The number of hydrogen-bond acceptors (Lipinski definition) is 4. The van der Waals surface area contributed by atoms with Crippen LogP contribution >= 0.6 is 0 Å². The molecule has 2 aromatic carbocycles. The molecule has 0 bridgehead atoms. The number of nitrogens with two attached hydrogens (primary N) is 1. The zero-order valence-corrected chi connectivity index (χ0v) is 16.4. The number of nitrogens with one attached hydrogen (secondary N) is 1. The van der Waals surface area contributed by atoms with Gasteiger partial charge in [-0.05, 0) is 18.4 Å². The summed E-state index contributed by atoms with van der Waals surface area (Å²) in [4.78, 5) is 39.3. The summed E-state index contributed by atoms with van der Waals surface area (Å²) < 4.78 is 0. The molecule has 0 saturated carbocycles. The maximum absolute atomic E-state index is 13.4. The molecule has 0 spiro atoms. The smallest absolute Gasteiger partial charge is 0.277 e. The van der Waals surface area contributed by atoms with Gasteiger partial charge in [0.05, 0.1) is 5.69 Å². The quantitative estimate of drug-likeness (QED) is 0.698. The van der Waals surface area contributed by atoms with E-state index >= 15 is 0 Å². The number of amides is 2. The van der Waals surface area contributed by atoms with Gasteiger partial charge in [0, 0.05) is 30.1 Å². The van der Waals surface area contributed by atoms with Crippen LogP contribution < -0.4 is 11.3 Å². The molecule has 3 N–H and O–H groups in total. The summed E-state index contributed by atoms with van der Waals surface area (Å²) in [6, 6.07) is 18.8. The summed E-state index contributed by atoms with van der Waals surface area (Å²) in [5.41, 5.74) is 7.52. The Bertz CT molecular complexity index is 1120. The third-order valence-corrected chi connectivity index (χ3v) is 5.49. The summed E-state index contributed by atoms with van der Waals surface area (Å²) in [5.74, 6) is -0.948. The summed E-state index contributed by atoms with van der Waals surface area (Å²) >= 11 is 0. The van der Waals surface area contributed by atoms with Gasteiger partial charge in [-0.3, -0.25) is 14.4 Å². The van der Waals surface area contributed by atoms with Crippen LogP contribution in [0.1, 0.15) is 23.2 Å². The Kier molecular flexibility index (Phi) is 5.43. The highest BCUT2D eigenvalue weighted by molar-refractivity contribution is 6.03. The first-order valence-electron chi connectivity index (χ1n) is 9.88. The molecule has 1 aromatic heterocycles. The largest absolute Gasteiger partial charge is 0.369 e. The molecule has 1 fully saturated rings. The van der Waals surface area contributed by atoms with Crippen molar-refractivity contribution in [3.8, 4) is 22.4 Å². The molecule has 0 radical (unpaired) electrons. The summed E-state index contributed by atoms with van der Waals surface area (Å²) in [6.45, 7) is 0.756. The van der Waals surface area contributed by atoms with Crippen molar-refractivity contribution in [2.24, 2.45) is 11.7 Å². The van der Waals surface area contributed by atoms with Crippen molar-refractivity contribution in [3.05, 3.63) is 76.6 Å². The van der Waals surface area contributed by atoms with E-state index in [0.717, 1.165) is 11.1 Å². The lowest BCUT2D eigenvalue weighted by atomic mass is 9.93. The van der Waals surface area contributed by atoms with E-state index < -0.39 is 5.56 Å². The maximum Gasteiger partial charge on any atom is 0.277 e. The van der Waals surface area contributed by atoms with Crippen LogP contribution in [0.15, 0.2) is 65.5 Å². The first-order valence-corrected chi connectivity index (χ1v) is 9.88. The van der Waals surface area contributed by atoms with Crippen LogP contribution in [-0.4, -0.2) is 40.0 Å². The second-order valence-electron chi connectivity index (χ2n) is 7.35. The summed E-state index contributed by atoms with van der Waals surface area (Å²) in [6.07, 6.45) is 0.993. The minimum atomic E-state index is -0.532. The summed E-state index contributed by atoms with van der Waals surface area (Å²) in [5, 5.41) is 6.78. The average molecular weight is 402 g/mol. The van der Waals surface area contributed by atoms with E-state index in [4.69, 9.17) is 5.73 Å². The van der Waals surface area contributed by atoms with Crippen LogP contribution in [0.5, 0.6) is 0 Å². The Balaban J connectivity index is 1.82. The highest BCUT2D eigenvalue weighted by Crippen LogP contribution is 2.32. The van der Waals surface area contributed by atoms with Crippen molar-refractivity contribution in [1.29, 1.82) is 0 Å². The molecule has 1 saturated heterocycles. The Morgan fingerprint density at radius 2 is 1.50 bits per heavy atom. The average Bonchev–Trinajstić information content (AvgIpc) is 2.79. The van der Waals surface area contributed by atoms with Crippen molar-refractivity contribution in [2.75, 3.05) is 13.1 Å². The molecule has 30 heavy (non-hydrogen) atoms. The number of aromatic amines is 1. The monoisotopic (exact) mass is 402 g/mol. The molecular weight excluding hydrogens is 380 g/mol. The standard InChI is InChI=1S/C23H22N4O3/c24-21(28)17-11-13-27(14-12-17)23(30)19-18(15-7-3-1-4-8-15)20(25-26-22(19)29)16-9-5-2-6-10-16/h1-10,17H,11-14H2,(H2,24,28)(H,26,29). The van der Waals surface area contributed by atoms with Crippen molar-refractivity contribution in [2.45, 2.75) is 12.8 Å². The number of rotatable bonds is 4. The fourth-order valence-electron chi connectivity index (χ4n) is 3.87. The lowest BCUT2D eigenvalue weighted by Gasteiger charge is -2.31. The molecule has 2 heterocycles. The third kappa shape index (κ3) is 3.74. The number of hydrogen-bond donors (Lipinski definition) is 2. The molecule has 1 aliphatic rings. The number of benzene rings is 2. The normalized spacial score (nSPS) is 14.5. The van der Waals surface area contributed by atoms with E-state index in [9.17, 15) is 14.4 Å². The molecule has 4 rings (SSSR count). The van der Waals surface area contributed by atoms with Gasteiger partial charge in [-0.1, -0.05) is 60.7 Å². The van der Waals surface area contributed by atoms with Crippen LogP contribution in [0.4, 0.5) is 0 Å². The van der Waals surface area contributed by atoms with Gasteiger partial charge >= 0.3 is 0 Å². The van der Waals surface area contributed by atoms with Gasteiger partial charge in [0.2, 0.25) is 5.91 Å². The molecule has 1 aliphatic heterocycles. The fraction of sp³-hybridized carbons (Fsp3) is 0.217. The molecule has 2 amide bonds. The maximum atomic E-state index is 13.4. The van der Waals surface area contributed by atoms with E-state index in [2.05, 4.69) is 10.2 Å². The van der Waals surface area contributed by atoms with Gasteiger partial charge in [0.1, 0.15) is 5.56 Å². The van der Waals surface area contributed by atoms with Crippen molar-refractivity contribution < 1.29 is 9.59 Å². The topological polar surface area (TPSA) is 109 Å². The molecule has 0 unspecified atom stereocenters. The Morgan fingerprint density at radius 3 is 2.07 bits per heavy atom. The van der Waals surface area contributed by atoms with Gasteiger partial charge in [-0.2, -0.15) is 5.10 Å². The molecular formula is C23H22N4O3. The number of piperidine rings is 1. The van der Waals surface area contributed by atoms with Crippen LogP contribution in [0.2, 0.25) is 0 Å². The minimum Gasteiger partial charge on any atom is -0.369 e. The van der Waals surface area contributed by atoms with Crippen LogP contribution in [0.25, 0.3) is 22.4 Å². The van der Waals surface area contributed by atoms with Gasteiger partial charge in [-0.15, -0.1) is 0 Å². The number of carbonyl (C=O) groups is 2. The first-order chi connectivity index (χ1) is 14.6. The number of aromatic nitrogens is 2. The van der Waals surface area contributed by atoms with E-state index in [1.807, 2.05) is 60.7 Å². The fourth-order valence-corrected chi connectivity index (χ4v) is 3.87. The highest BCUT2D eigenvalue weighted by Gasteiger charge is 2.30. The van der Waals surface area contributed by atoms with Gasteiger partial charge < -0.3 is 10.6 Å². The highest BCUT2D eigenvalue weighted by atomic mass is 16.2. The van der Waals surface area contributed by atoms with E-state index in [-0.39, 0.29) is 23.3 Å². The second-order valence-corrected chi connectivity index (χ2v) is 7.35. The van der Waals surface area contributed by atoms with Crippen LogP contribution in [0.3, 0.4) is 0 Å². The predicted octanol–water partition coefficient (Wildman–Crippen LogP) is 2.44. The van der Waals surface area contributed by atoms with Crippen molar-refractivity contribution in [1.82, 2.24) is 15.1 Å². The van der Waals surface area contributed by atoms with Crippen LogP contribution in [-0.2, 0) is 4.79 Å². The van der Waals surface area contributed by atoms with Gasteiger partial charge in [-0.25, -0.2) is 5.10 Å². The van der Waals surface area contributed by atoms with Crippen molar-refractivity contribution >= 4 is 11.8 Å². The minimum absolute atomic E-state index is 0.0626. The Hall–Kier alpha value is -3.74. The lowest BCUT2D eigenvalue weighted by molar-refractivity contribution is -0.123. The molecule has 7 heteroatoms. The van der Waals surface area contributed by atoms with E-state index in [1.165, 1.54) is 0 Å². The lowest BCUT2D eigenvalue weighted by Crippen LogP contribution is -2.43. The molecule has 3 aromatic rings. The Morgan fingerprint density at radius 1 is 0.933 bits per heavy atom. The van der Waals surface area contributed by atoms with E-state index in [0.29, 0.717) is 37.2 Å². The number of primary amides is 1. The molecule has 0 aliphatic carbocycles. The van der Waals surface area contributed by atoms with Crippen LogP contribution in [0, 0.1) is 5.92 Å². The predicted molar refractivity (Wildman–Crippen MR) is 114 cm³/mol. The van der Waals surface area contributed by atoms with E-state index in [1.54, 1.807) is 4.90 Å². The Labute approximate surface area is 173 Å². The SMILES string of the molecule is NC(=O)C1CCN(C(=O)c2c(-c3ccccc3)c(-c3ccccc3)n[nH]c2=O)CC1.